The number of carbonyl (C=O) groups is 1. The van der Waals surface area contributed by atoms with Gasteiger partial charge < -0.3 is 0 Å². The Hall–Kier alpha value is -2.37. The molecule has 2 aliphatic carbocycles. The van der Waals surface area contributed by atoms with E-state index in [2.05, 4.69) is 57.2 Å². The van der Waals surface area contributed by atoms with E-state index in [4.69, 9.17) is 0 Å². The molecular formula is C25H28O. The van der Waals surface area contributed by atoms with Crippen molar-refractivity contribution in [1.82, 2.24) is 0 Å². The molecule has 1 heteroatoms. The van der Waals surface area contributed by atoms with E-state index in [1.807, 2.05) is 0 Å². The number of hydrogen-bond acceptors (Lipinski definition) is 1. The molecule has 1 saturated carbocycles. The standard InChI is InChI=1S/C25H28O/c1-6-19-9-8-10-21-13-16(3)14-22(15-20(7-2)24(19)21)23-12-11-17(4)18(5)25(23)26/h8-10,22-23H,2-6,11-15H2,1H3. The Morgan fingerprint density at radius 1 is 1.19 bits per heavy atom. The molecule has 2 aliphatic rings. The zero-order chi connectivity index (χ0) is 18.8. The van der Waals surface area contributed by atoms with Gasteiger partial charge in [0.25, 0.3) is 0 Å². The van der Waals surface area contributed by atoms with Crippen molar-refractivity contribution >= 4 is 11.4 Å². The predicted molar refractivity (Wildman–Crippen MR) is 110 cm³/mol. The molecule has 0 N–H and O–H groups in total. The van der Waals surface area contributed by atoms with Gasteiger partial charge in [0.15, 0.2) is 5.78 Å². The molecule has 0 heterocycles. The van der Waals surface area contributed by atoms with E-state index in [9.17, 15) is 4.79 Å². The third-order valence-electron chi connectivity index (χ3n) is 5.98. The second-order valence-electron chi connectivity index (χ2n) is 7.65. The highest BCUT2D eigenvalue weighted by Gasteiger charge is 2.35. The third kappa shape index (κ3) is 3.32. The Bertz CT molecular complexity index is 845. The molecule has 0 aromatic heterocycles. The van der Waals surface area contributed by atoms with Crippen molar-refractivity contribution in [1.29, 1.82) is 0 Å². The number of carbonyl (C=O) groups excluding carboxylic acids is 1. The van der Waals surface area contributed by atoms with Crippen molar-refractivity contribution in [2.24, 2.45) is 11.8 Å². The Balaban J connectivity index is 2.01. The van der Waals surface area contributed by atoms with E-state index in [1.165, 1.54) is 22.3 Å². The summed E-state index contributed by atoms with van der Waals surface area (Å²) in [5.41, 5.74) is 11.0. The highest BCUT2D eigenvalue weighted by Crippen LogP contribution is 2.42. The minimum Gasteiger partial charge on any atom is -0.294 e. The molecule has 2 atom stereocenters. The largest absolute Gasteiger partial charge is 0.294 e. The van der Waals surface area contributed by atoms with Crippen LogP contribution in [0.3, 0.4) is 0 Å². The van der Waals surface area contributed by atoms with E-state index in [0.29, 0.717) is 5.57 Å². The van der Waals surface area contributed by atoms with Gasteiger partial charge in [-0.1, -0.05) is 57.0 Å². The summed E-state index contributed by atoms with van der Waals surface area (Å²) in [6.45, 7) is 18.5. The van der Waals surface area contributed by atoms with E-state index in [1.54, 1.807) is 0 Å². The van der Waals surface area contributed by atoms with Crippen LogP contribution >= 0.6 is 0 Å². The second kappa shape index (κ2) is 7.48. The molecule has 0 saturated heterocycles. The van der Waals surface area contributed by atoms with E-state index >= 15 is 0 Å². The Morgan fingerprint density at radius 3 is 2.65 bits per heavy atom. The molecule has 0 spiro atoms. The molecule has 3 rings (SSSR count). The van der Waals surface area contributed by atoms with Crippen molar-refractivity contribution in [3.8, 4) is 0 Å². The zero-order valence-corrected chi connectivity index (χ0v) is 15.9. The Morgan fingerprint density at radius 2 is 1.96 bits per heavy atom. The summed E-state index contributed by atoms with van der Waals surface area (Å²) in [7, 11) is 0. The van der Waals surface area contributed by atoms with Crippen LogP contribution in [0, 0.1) is 11.8 Å². The minimum absolute atomic E-state index is 0.00318. The number of Topliss-reactive ketones (excluding diaryl/α,β-unsaturated/α-hetero) is 1. The molecule has 1 aromatic carbocycles. The molecule has 0 amide bonds. The van der Waals surface area contributed by atoms with Gasteiger partial charge in [0.05, 0.1) is 0 Å². The average molecular weight is 344 g/mol. The normalized spacial score (nSPS) is 24.0. The van der Waals surface area contributed by atoms with Crippen molar-refractivity contribution < 1.29 is 4.79 Å². The first-order valence-electron chi connectivity index (χ1n) is 9.54. The number of rotatable bonds is 2. The third-order valence-corrected chi connectivity index (χ3v) is 5.98. The molecule has 0 aliphatic heterocycles. The lowest BCUT2D eigenvalue weighted by molar-refractivity contribution is -0.121. The Kier molecular flexibility index (Phi) is 5.30. The van der Waals surface area contributed by atoms with Crippen LogP contribution in [0.15, 0.2) is 67.0 Å². The molecule has 134 valence electrons. The van der Waals surface area contributed by atoms with Crippen molar-refractivity contribution in [3.63, 3.8) is 0 Å². The van der Waals surface area contributed by atoms with Crippen LogP contribution in [-0.4, -0.2) is 5.78 Å². The van der Waals surface area contributed by atoms with Gasteiger partial charge in [-0.2, -0.15) is 0 Å². The highest BCUT2D eigenvalue weighted by atomic mass is 16.1. The summed E-state index contributed by atoms with van der Waals surface area (Å²) in [6.07, 6.45) is 5.26. The highest BCUT2D eigenvalue weighted by molar-refractivity contribution is 6.01. The zero-order valence-electron chi connectivity index (χ0n) is 15.9. The number of benzene rings is 1. The van der Waals surface area contributed by atoms with Crippen LogP contribution in [0.1, 0.15) is 49.3 Å². The quantitative estimate of drug-likeness (QED) is 0.364. The van der Waals surface area contributed by atoms with Crippen LogP contribution in [0.4, 0.5) is 0 Å². The number of allylic oxidation sites excluding steroid dienone is 4. The number of ketones is 1. The van der Waals surface area contributed by atoms with Gasteiger partial charge in [0.2, 0.25) is 0 Å². The lowest BCUT2D eigenvalue weighted by Crippen LogP contribution is -2.30. The maximum absolute atomic E-state index is 12.9. The fourth-order valence-electron chi connectivity index (χ4n) is 4.54. The minimum atomic E-state index is 0.00318. The van der Waals surface area contributed by atoms with Gasteiger partial charge in [0.1, 0.15) is 0 Å². The number of fused-ring (bicyclic) bond motifs is 1. The first kappa shape index (κ1) is 18.4. The lowest BCUT2D eigenvalue weighted by Gasteiger charge is -2.34. The van der Waals surface area contributed by atoms with Gasteiger partial charge >= 0.3 is 0 Å². The van der Waals surface area contributed by atoms with Gasteiger partial charge in [-0.3, -0.25) is 4.79 Å². The van der Waals surface area contributed by atoms with Gasteiger partial charge in [-0.25, -0.2) is 0 Å². The first-order valence-corrected chi connectivity index (χ1v) is 9.54. The molecule has 1 aromatic rings. The van der Waals surface area contributed by atoms with Gasteiger partial charge in [-0.05, 0) is 66.7 Å². The van der Waals surface area contributed by atoms with E-state index < -0.39 is 0 Å². The van der Waals surface area contributed by atoms with Crippen LogP contribution in [0.2, 0.25) is 0 Å². The second-order valence-corrected chi connectivity index (χ2v) is 7.65. The summed E-state index contributed by atoms with van der Waals surface area (Å²) in [4.78, 5) is 12.9. The van der Waals surface area contributed by atoms with Crippen molar-refractivity contribution in [3.05, 3.63) is 83.7 Å². The van der Waals surface area contributed by atoms with Crippen LogP contribution < -0.4 is 0 Å². The van der Waals surface area contributed by atoms with E-state index in [-0.39, 0.29) is 17.6 Å². The van der Waals surface area contributed by atoms with Crippen LogP contribution in [0.5, 0.6) is 0 Å². The smallest absolute Gasteiger partial charge is 0.165 e. The SMILES string of the molecule is C=C=C1CC(C2CCC(=C)C(=C)C2=O)CC(=C)Cc2cccc(CC)c21. The fraction of sp³-hybridized carbons (Fsp3) is 0.360. The molecule has 2 unspecified atom stereocenters. The lowest BCUT2D eigenvalue weighted by atomic mass is 9.69. The summed E-state index contributed by atoms with van der Waals surface area (Å²) < 4.78 is 0. The first-order chi connectivity index (χ1) is 12.5. The van der Waals surface area contributed by atoms with Crippen molar-refractivity contribution in [2.75, 3.05) is 0 Å². The molecule has 26 heavy (non-hydrogen) atoms. The van der Waals surface area contributed by atoms with Crippen molar-refractivity contribution in [2.45, 2.75) is 45.4 Å². The predicted octanol–water partition coefficient (Wildman–Crippen LogP) is 6.02. The Labute approximate surface area is 157 Å². The summed E-state index contributed by atoms with van der Waals surface area (Å²) in [6, 6.07) is 6.51. The van der Waals surface area contributed by atoms with Crippen LogP contribution in [-0.2, 0) is 17.6 Å². The average Bonchev–Trinajstić information content (AvgIpc) is 2.62. The summed E-state index contributed by atoms with van der Waals surface area (Å²) >= 11 is 0. The summed E-state index contributed by atoms with van der Waals surface area (Å²) in [5.74, 6) is 0.414. The van der Waals surface area contributed by atoms with E-state index in [0.717, 1.165) is 49.7 Å². The number of hydrogen-bond donors (Lipinski definition) is 0. The summed E-state index contributed by atoms with van der Waals surface area (Å²) in [5, 5.41) is 0. The topological polar surface area (TPSA) is 17.1 Å². The van der Waals surface area contributed by atoms with Gasteiger partial charge in [-0.15, -0.1) is 5.73 Å². The maximum Gasteiger partial charge on any atom is 0.165 e. The molecule has 0 radical (unpaired) electrons. The molecule has 1 fully saturated rings. The molecule has 0 bridgehead atoms. The van der Waals surface area contributed by atoms with Gasteiger partial charge in [0, 0.05) is 17.1 Å². The number of aryl methyl sites for hydroxylation is 1. The monoisotopic (exact) mass is 344 g/mol. The molecule has 1 nitrogen and oxygen atoms in total. The molecular weight excluding hydrogens is 316 g/mol. The maximum atomic E-state index is 12.9. The van der Waals surface area contributed by atoms with Crippen LogP contribution in [0.25, 0.3) is 5.57 Å². The fourth-order valence-corrected chi connectivity index (χ4v) is 4.54.